The Morgan fingerprint density at radius 2 is 1.02 bits per heavy atom. The van der Waals surface area contributed by atoms with E-state index in [1.165, 1.54) is 55.6 Å². The summed E-state index contributed by atoms with van der Waals surface area (Å²) in [5, 5.41) is 2.54. The van der Waals surface area contributed by atoms with Gasteiger partial charge in [-0.1, -0.05) is 159 Å². The summed E-state index contributed by atoms with van der Waals surface area (Å²) in [6, 6.07) is 53.9. The predicted octanol–water partition coefficient (Wildman–Crippen LogP) is 9.71. The Hall–Kier alpha value is -5.21. The third-order valence-corrected chi connectivity index (χ3v) is 10.4. The summed E-state index contributed by atoms with van der Waals surface area (Å²) in [5.74, 6) is 0.357. The number of rotatable bonds is 4. The number of aromatic nitrogens is 2. The molecule has 216 valence electrons. The predicted molar refractivity (Wildman–Crippen MR) is 185 cm³/mol. The van der Waals surface area contributed by atoms with Gasteiger partial charge in [-0.15, -0.1) is 0 Å². The molecule has 3 heterocycles. The Balaban J connectivity index is 1.66. The fourth-order valence-electron chi connectivity index (χ4n) is 9.02. The van der Waals surface area contributed by atoms with E-state index in [2.05, 4.69) is 170 Å². The number of nitrogens with zero attached hydrogens (tertiary/aromatic N) is 2. The van der Waals surface area contributed by atoms with Crippen LogP contribution < -0.4 is 0 Å². The van der Waals surface area contributed by atoms with Crippen LogP contribution in [0.5, 0.6) is 0 Å². The number of fused-ring (bicyclic) bond motifs is 3. The summed E-state index contributed by atoms with van der Waals surface area (Å²) in [6.07, 6.45) is 3.59. The Morgan fingerprint density at radius 1 is 0.578 bits per heavy atom. The topological polar surface area (TPSA) is 17.3 Å². The number of pyridine rings is 1. The molecule has 0 radical (unpaired) electrons. The van der Waals surface area contributed by atoms with Gasteiger partial charge in [-0.05, 0) is 58.0 Å². The molecule has 9 rings (SSSR count). The average Bonchev–Trinajstić information content (AvgIpc) is 3.46. The molecule has 0 bridgehead atoms. The lowest BCUT2D eigenvalue weighted by Crippen LogP contribution is -2.56. The van der Waals surface area contributed by atoms with Gasteiger partial charge in [0.2, 0.25) is 0 Å². The van der Waals surface area contributed by atoms with Crippen LogP contribution in [0.1, 0.15) is 51.8 Å². The number of allylic oxidation sites excluding steroid dienone is 2. The van der Waals surface area contributed by atoms with E-state index < -0.39 is 10.8 Å². The molecular weight excluding hydrogens is 544 g/mol. The summed E-state index contributed by atoms with van der Waals surface area (Å²) in [5.41, 5.74) is 11.3. The van der Waals surface area contributed by atoms with E-state index in [4.69, 9.17) is 4.98 Å². The second-order valence-electron chi connectivity index (χ2n) is 12.8. The maximum atomic E-state index is 5.50. The van der Waals surface area contributed by atoms with E-state index in [-0.39, 0.29) is 0 Å². The van der Waals surface area contributed by atoms with Gasteiger partial charge in [0.1, 0.15) is 5.65 Å². The molecule has 1 aliphatic heterocycles. The van der Waals surface area contributed by atoms with Crippen LogP contribution in [0, 0.1) is 12.8 Å². The van der Waals surface area contributed by atoms with E-state index >= 15 is 0 Å². The first-order chi connectivity index (χ1) is 22.2. The first-order valence-corrected chi connectivity index (χ1v) is 16.0. The van der Waals surface area contributed by atoms with Gasteiger partial charge in [-0.3, -0.25) is 4.40 Å². The highest BCUT2D eigenvalue weighted by molar-refractivity contribution is 6.03. The Kier molecular flexibility index (Phi) is 5.62. The van der Waals surface area contributed by atoms with Gasteiger partial charge in [0.25, 0.3) is 0 Å². The van der Waals surface area contributed by atoms with Crippen LogP contribution in [0.15, 0.2) is 152 Å². The highest BCUT2D eigenvalue weighted by Gasteiger charge is 2.64. The Bertz CT molecular complexity index is 2170. The molecule has 0 spiro atoms. The zero-order valence-electron chi connectivity index (χ0n) is 25.6. The van der Waals surface area contributed by atoms with Gasteiger partial charge in [0.05, 0.1) is 27.9 Å². The van der Waals surface area contributed by atoms with E-state index in [1.54, 1.807) is 0 Å². The van der Waals surface area contributed by atoms with Crippen molar-refractivity contribution in [3.05, 3.63) is 197 Å². The van der Waals surface area contributed by atoms with Crippen molar-refractivity contribution in [3.63, 3.8) is 0 Å². The quantitative estimate of drug-likeness (QED) is 0.203. The van der Waals surface area contributed by atoms with Crippen molar-refractivity contribution in [1.82, 2.24) is 9.38 Å². The molecule has 7 aromatic rings. The van der Waals surface area contributed by atoms with Crippen molar-refractivity contribution >= 4 is 22.0 Å². The minimum atomic E-state index is -0.655. The van der Waals surface area contributed by atoms with E-state index in [1.807, 2.05) is 0 Å². The van der Waals surface area contributed by atoms with Gasteiger partial charge in [0.15, 0.2) is 0 Å². The van der Waals surface area contributed by atoms with Crippen LogP contribution in [0.4, 0.5) is 0 Å². The van der Waals surface area contributed by atoms with Gasteiger partial charge >= 0.3 is 0 Å². The molecule has 2 nitrogen and oxygen atoms in total. The molecule has 2 aliphatic rings. The molecule has 0 fully saturated rings. The number of hydrogen-bond acceptors (Lipinski definition) is 1. The van der Waals surface area contributed by atoms with Crippen LogP contribution in [-0.2, 0) is 17.3 Å². The summed E-state index contributed by atoms with van der Waals surface area (Å²) in [4.78, 5) is 5.50. The highest BCUT2D eigenvalue weighted by Crippen LogP contribution is 2.66. The first kappa shape index (κ1) is 26.2. The summed E-state index contributed by atoms with van der Waals surface area (Å²) in [6.45, 7) is 4.61. The van der Waals surface area contributed by atoms with E-state index in [9.17, 15) is 0 Å². The van der Waals surface area contributed by atoms with Crippen molar-refractivity contribution in [2.24, 2.45) is 5.92 Å². The lowest BCUT2D eigenvalue weighted by Gasteiger charge is -2.57. The maximum Gasteiger partial charge on any atom is 0.145 e. The van der Waals surface area contributed by atoms with Gasteiger partial charge in [-0.2, -0.15) is 0 Å². The summed E-state index contributed by atoms with van der Waals surface area (Å²) >= 11 is 0. The highest BCUT2D eigenvalue weighted by atomic mass is 15.1. The molecule has 1 atom stereocenters. The van der Waals surface area contributed by atoms with Gasteiger partial charge in [0, 0.05) is 5.39 Å². The van der Waals surface area contributed by atoms with Crippen molar-refractivity contribution in [1.29, 1.82) is 0 Å². The van der Waals surface area contributed by atoms with Crippen LogP contribution in [-0.4, -0.2) is 9.38 Å². The number of aryl methyl sites for hydroxylation is 1. The van der Waals surface area contributed by atoms with Crippen LogP contribution >= 0.6 is 0 Å². The standard InChI is InChI=1S/C43H34N2/c1-29-27-37-35-25-15-16-26-36(35)41-44-30(2)40-43(33-21-11-5-12-22-33,34-23-13-6-14-24-34)42(31-17-7-3-8-18-31,32-19-9-4-10-20-32)38(28-29)39(37)45(40)41/h3-26,28-29H,27H2,1-2H3. The summed E-state index contributed by atoms with van der Waals surface area (Å²) in [7, 11) is 0. The summed E-state index contributed by atoms with van der Waals surface area (Å²) < 4.78 is 2.56. The minimum absolute atomic E-state index is 0.357. The number of hydrogen-bond donors (Lipinski definition) is 0. The lowest BCUT2D eigenvalue weighted by molar-refractivity contribution is 0.411. The fourth-order valence-corrected chi connectivity index (χ4v) is 9.02. The second kappa shape index (κ2) is 9.64. The zero-order chi connectivity index (χ0) is 30.2. The Morgan fingerprint density at radius 3 is 1.53 bits per heavy atom. The normalized spacial score (nSPS) is 17.7. The smallest absolute Gasteiger partial charge is 0.145 e. The average molecular weight is 579 g/mol. The van der Waals surface area contributed by atoms with E-state index in [0.717, 1.165) is 17.8 Å². The molecule has 0 amide bonds. The molecule has 0 saturated carbocycles. The molecule has 2 heteroatoms. The molecular formula is C43H34N2. The van der Waals surface area contributed by atoms with Crippen LogP contribution in [0.2, 0.25) is 0 Å². The van der Waals surface area contributed by atoms with Crippen molar-refractivity contribution in [3.8, 4) is 0 Å². The molecule has 1 unspecified atom stereocenters. The van der Waals surface area contributed by atoms with E-state index in [0.29, 0.717) is 5.92 Å². The molecule has 45 heavy (non-hydrogen) atoms. The molecule has 0 saturated heterocycles. The monoisotopic (exact) mass is 578 g/mol. The maximum absolute atomic E-state index is 5.50. The van der Waals surface area contributed by atoms with Gasteiger partial charge in [-0.25, -0.2) is 4.98 Å². The van der Waals surface area contributed by atoms with Crippen LogP contribution in [0.25, 0.3) is 22.0 Å². The zero-order valence-corrected chi connectivity index (χ0v) is 25.6. The lowest BCUT2D eigenvalue weighted by atomic mass is 9.45. The SMILES string of the molecule is Cc1nc2c3ccccc3c3c4n2c1C(c1ccccc1)(c1ccccc1)C(c1ccccc1)(c1ccccc1)C4=CC(C)C3. The molecule has 0 N–H and O–H groups in total. The molecule has 2 aromatic heterocycles. The van der Waals surface area contributed by atoms with Crippen molar-refractivity contribution in [2.45, 2.75) is 31.1 Å². The van der Waals surface area contributed by atoms with Crippen molar-refractivity contribution < 1.29 is 0 Å². The minimum Gasteiger partial charge on any atom is -0.295 e. The fraction of sp³-hybridized carbons (Fsp3) is 0.140. The van der Waals surface area contributed by atoms with Gasteiger partial charge < -0.3 is 0 Å². The third kappa shape index (κ3) is 3.27. The second-order valence-corrected chi connectivity index (χ2v) is 12.8. The molecule has 1 aliphatic carbocycles. The first-order valence-electron chi connectivity index (χ1n) is 16.0. The van der Waals surface area contributed by atoms with Crippen molar-refractivity contribution in [2.75, 3.05) is 0 Å². The molecule has 5 aromatic carbocycles. The third-order valence-electron chi connectivity index (χ3n) is 10.4. The number of benzene rings is 5. The largest absolute Gasteiger partial charge is 0.295 e. The number of imidazole rings is 1. The van der Waals surface area contributed by atoms with Crippen LogP contribution in [0.3, 0.4) is 0 Å². The Labute approximate surface area is 264 Å².